The van der Waals surface area contributed by atoms with Gasteiger partial charge in [-0.15, -0.1) is 4.99 Å². The molecule has 0 bridgehead atoms. The molecule has 76 valence electrons. The maximum Gasteiger partial charge on any atom is 0.224 e. The predicted molar refractivity (Wildman–Crippen MR) is 53.2 cm³/mol. The van der Waals surface area contributed by atoms with Gasteiger partial charge >= 0.3 is 0 Å². The minimum atomic E-state index is 0.727. The zero-order valence-electron chi connectivity index (χ0n) is 8.24. The van der Waals surface area contributed by atoms with Crippen molar-refractivity contribution in [1.82, 2.24) is 15.3 Å². The van der Waals surface area contributed by atoms with Crippen LogP contribution in [0.2, 0.25) is 0 Å². The number of nitriles is 1. The summed E-state index contributed by atoms with van der Waals surface area (Å²) < 4.78 is 0. The maximum atomic E-state index is 8.58. The van der Waals surface area contributed by atoms with Gasteiger partial charge in [-0.2, -0.15) is 5.26 Å². The molecule has 0 radical (unpaired) electrons. The molecule has 0 saturated carbocycles. The fraction of sp³-hybridized carbons (Fsp3) is 0.778. The minimum absolute atomic E-state index is 0.727. The van der Waals surface area contributed by atoms with E-state index in [0.29, 0.717) is 0 Å². The summed E-state index contributed by atoms with van der Waals surface area (Å²) in [6.07, 6.45) is 5.49. The van der Waals surface area contributed by atoms with Crippen LogP contribution in [0.25, 0.3) is 0 Å². The van der Waals surface area contributed by atoms with Crippen molar-refractivity contribution in [3.8, 4) is 6.19 Å². The fourth-order valence-corrected chi connectivity index (χ4v) is 1.71. The second kappa shape index (κ2) is 4.29. The molecule has 1 N–H and O–H groups in total. The summed E-state index contributed by atoms with van der Waals surface area (Å²) in [5.41, 5.74) is 3.18. The van der Waals surface area contributed by atoms with Crippen LogP contribution in [0, 0.1) is 11.5 Å². The third kappa shape index (κ3) is 1.96. The number of aliphatic imine (C=N–C) groups is 1. The molecule has 0 aliphatic carbocycles. The lowest BCUT2D eigenvalue weighted by atomic mass is 10.3. The van der Waals surface area contributed by atoms with Gasteiger partial charge in [0.15, 0.2) is 0 Å². The number of hydrogen-bond donors (Lipinski definition) is 1. The summed E-state index contributed by atoms with van der Waals surface area (Å²) in [6, 6.07) is 0. The van der Waals surface area contributed by atoms with E-state index >= 15 is 0 Å². The molecule has 5 heteroatoms. The molecular formula is C9H15N5. The first-order chi connectivity index (χ1) is 6.90. The molecule has 2 aliphatic rings. The van der Waals surface area contributed by atoms with Crippen molar-refractivity contribution in [2.24, 2.45) is 4.99 Å². The van der Waals surface area contributed by atoms with Crippen LogP contribution < -0.4 is 5.43 Å². The Morgan fingerprint density at radius 1 is 1.14 bits per heavy atom. The molecule has 2 fully saturated rings. The van der Waals surface area contributed by atoms with E-state index in [1.54, 1.807) is 0 Å². The first kappa shape index (κ1) is 9.28. The Bertz CT molecular complexity index is 257. The lowest BCUT2D eigenvalue weighted by molar-refractivity contribution is 0.138. The third-order valence-electron chi connectivity index (χ3n) is 2.68. The summed E-state index contributed by atoms with van der Waals surface area (Å²) >= 11 is 0. The summed E-state index contributed by atoms with van der Waals surface area (Å²) in [4.78, 5) is 5.96. The SMILES string of the molecule is N#CN=C(NN1CCC1)N1CCCC1. The van der Waals surface area contributed by atoms with Crippen LogP contribution in [0.4, 0.5) is 0 Å². The average molecular weight is 193 g/mol. The van der Waals surface area contributed by atoms with Gasteiger partial charge in [-0.05, 0) is 19.3 Å². The van der Waals surface area contributed by atoms with Crippen LogP contribution in [0.3, 0.4) is 0 Å². The van der Waals surface area contributed by atoms with Crippen molar-refractivity contribution in [2.45, 2.75) is 19.3 Å². The molecule has 0 atom stereocenters. The van der Waals surface area contributed by atoms with Gasteiger partial charge in [0.05, 0.1) is 0 Å². The Labute approximate surface area is 84.0 Å². The van der Waals surface area contributed by atoms with Gasteiger partial charge in [0, 0.05) is 26.2 Å². The van der Waals surface area contributed by atoms with Crippen molar-refractivity contribution in [3.05, 3.63) is 0 Å². The van der Waals surface area contributed by atoms with E-state index in [2.05, 4.69) is 20.3 Å². The van der Waals surface area contributed by atoms with Crippen LogP contribution >= 0.6 is 0 Å². The topological polar surface area (TPSA) is 54.7 Å². The van der Waals surface area contributed by atoms with E-state index in [1.165, 1.54) is 19.3 Å². The smallest absolute Gasteiger partial charge is 0.224 e. The van der Waals surface area contributed by atoms with Crippen molar-refractivity contribution in [3.63, 3.8) is 0 Å². The van der Waals surface area contributed by atoms with Crippen LogP contribution in [0.1, 0.15) is 19.3 Å². The highest BCUT2D eigenvalue weighted by molar-refractivity contribution is 5.80. The average Bonchev–Trinajstić information content (AvgIpc) is 2.61. The van der Waals surface area contributed by atoms with Gasteiger partial charge in [-0.1, -0.05) is 0 Å². The molecule has 0 aromatic rings. The number of nitrogens with zero attached hydrogens (tertiary/aromatic N) is 4. The fourth-order valence-electron chi connectivity index (χ4n) is 1.71. The van der Waals surface area contributed by atoms with Crippen LogP contribution in [0.15, 0.2) is 4.99 Å². The summed E-state index contributed by atoms with van der Waals surface area (Å²) in [6.45, 7) is 4.14. The van der Waals surface area contributed by atoms with Crippen molar-refractivity contribution in [1.29, 1.82) is 5.26 Å². The summed E-state index contributed by atoms with van der Waals surface area (Å²) in [7, 11) is 0. The van der Waals surface area contributed by atoms with Gasteiger partial charge in [-0.3, -0.25) is 5.43 Å². The zero-order chi connectivity index (χ0) is 9.80. The van der Waals surface area contributed by atoms with Crippen LogP contribution in [-0.2, 0) is 0 Å². The Morgan fingerprint density at radius 3 is 2.36 bits per heavy atom. The lowest BCUT2D eigenvalue weighted by Gasteiger charge is -2.34. The van der Waals surface area contributed by atoms with Gasteiger partial charge in [0.2, 0.25) is 12.2 Å². The molecule has 5 nitrogen and oxygen atoms in total. The molecule has 2 heterocycles. The Morgan fingerprint density at radius 2 is 1.86 bits per heavy atom. The van der Waals surface area contributed by atoms with Gasteiger partial charge in [0.1, 0.15) is 0 Å². The van der Waals surface area contributed by atoms with E-state index in [0.717, 1.165) is 32.1 Å². The number of rotatable bonds is 1. The zero-order valence-corrected chi connectivity index (χ0v) is 8.24. The first-order valence-electron chi connectivity index (χ1n) is 5.13. The van der Waals surface area contributed by atoms with Crippen molar-refractivity contribution in [2.75, 3.05) is 26.2 Å². The molecule has 0 aromatic carbocycles. The first-order valence-corrected chi connectivity index (χ1v) is 5.13. The quantitative estimate of drug-likeness (QED) is 0.365. The Balaban J connectivity index is 1.92. The van der Waals surface area contributed by atoms with E-state index in [1.807, 2.05) is 6.19 Å². The maximum absolute atomic E-state index is 8.58. The number of likely N-dealkylation sites (tertiary alicyclic amines) is 1. The highest BCUT2D eigenvalue weighted by Gasteiger charge is 2.21. The van der Waals surface area contributed by atoms with Crippen LogP contribution in [-0.4, -0.2) is 42.0 Å². The second-order valence-corrected chi connectivity index (χ2v) is 3.68. The van der Waals surface area contributed by atoms with Gasteiger partial charge in [0.25, 0.3) is 0 Å². The molecule has 0 aromatic heterocycles. The molecule has 0 spiro atoms. The summed E-state index contributed by atoms with van der Waals surface area (Å²) in [5.74, 6) is 0.727. The standard InChI is InChI=1S/C9H15N5/c10-8-11-9(12-14-6-3-7-14)13-4-1-2-5-13/h1-7H2,(H,11,12). The van der Waals surface area contributed by atoms with Gasteiger partial charge < -0.3 is 4.90 Å². The van der Waals surface area contributed by atoms with E-state index in [4.69, 9.17) is 5.26 Å². The van der Waals surface area contributed by atoms with Gasteiger partial charge in [-0.25, -0.2) is 5.01 Å². The largest absolute Gasteiger partial charge is 0.341 e. The minimum Gasteiger partial charge on any atom is -0.341 e. The van der Waals surface area contributed by atoms with E-state index < -0.39 is 0 Å². The van der Waals surface area contributed by atoms with Crippen molar-refractivity contribution >= 4 is 5.96 Å². The Kier molecular flexibility index (Phi) is 2.84. The Hall–Kier alpha value is -1.28. The second-order valence-electron chi connectivity index (χ2n) is 3.68. The number of hydrazine groups is 1. The normalized spacial score (nSPS) is 23.1. The number of hydrogen-bond acceptors (Lipinski definition) is 3. The monoisotopic (exact) mass is 193 g/mol. The van der Waals surface area contributed by atoms with E-state index in [-0.39, 0.29) is 0 Å². The molecule has 2 saturated heterocycles. The highest BCUT2D eigenvalue weighted by atomic mass is 15.6. The number of guanidine groups is 1. The van der Waals surface area contributed by atoms with E-state index in [9.17, 15) is 0 Å². The molecule has 0 unspecified atom stereocenters. The molecule has 2 rings (SSSR count). The molecule has 14 heavy (non-hydrogen) atoms. The molecule has 0 amide bonds. The predicted octanol–water partition coefficient (Wildman–Crippen LogP) is 0.130. The third-order valence-corrected chi connectivity index (χ3v) is 2.68. The highest BCUT2D eigenvalue weighted by Crippen LogP contribution is 2.09. The lowest BCUT2D eigenvalue weighted by Crippen LogP contribution is -2.54. The van der Waals surface area contributed by atoms with Crippen molar-refractivity contribution < 1.29 is 0 Å². The van der Waals surface area contributed by atoms with Crippen LogP contribution in [0.5, 0.6) is 0 Å². The summed E-state index contributed by atoms with van der Waals surface area (Å²) in [5, 5.41) is 10.7. The molecule has 2 aliphatic heterocycles. The molecular weight excluding hydrogens is 178 g/mol. The number of nitrogens with one attached hydrogen (secondary N) is 1.